The van der Waals surface area contributed by atoms with Gasteiger partial charge < -0.3 is 4.74 Å². The topological polar surface area (TPSA) is 43.4 Å². The summed E-state index contributed by atoms with van der Waals surface area (Å²) in [6.45, 7) is 5.63. The lowest BCUT2D eigenvalue weighted by Crippen LogP contribution is -2.29. The van der Waals surface area contributed by atoms with Crippen LogP contribution in [0.2, 0.25) is 0 Å². The SMILES string of the molecule is CC(C)(C)OC(=O)CCCC1(Cc2ccccc2)CCCC1=O. The van der Waals surface area contributed by atoms with E-state index >= 15 is 0 Å². The second-order valence-electron chi connectivity index (χ2n) is 7.66. The molecular weight excluding hydrogens is 288 g/mol. The third-order valence-electron chi connectivity index (χ3n) is 4.49. The minimum atomic E-state index is -0.442. The van der Waals surface area contributed by atoms with Crippen LogP contribution in [0, 0.1) is 5.41 Å². The van der Waals surface area contributed by atoms with Crippen LogP contribution in [-0.2, 0) is 20.7 Å². The van der Waals surface area contributed by atoms with E-state index in [0.29, 0.717) is 25.0 Å². The normalized spacial score (nSPS) is 21.4. The standard InChI is InChI=1S/C20H28O3/c1-19(2,3)23-18(22)12-8-14-20(13-7-11-17(20)21)15-16-9-5-4-6-10-16/h4-6,9-10H,7-8,11-15H2,1-3H3. The van der Waals surface area contributed by atoms with Gasteiger partial charge in [-0.1, -0.05) is 30.3 Å². The van der Waals surface area contributed by atoms with Crippen molar-refractivity contribution >= 4 is 11.8 Å². The number of carbonyl (C=O) groups is 2. The van der Waals surface area contributed by atoms with Gasteiger partial charge >= 0.3 is 5.97 Å². The smallest absolute Gasteiger partial charge is 0.306 e. The summed E-state index contributed by atoms with van der Waals surface area (Å²) in [7, 11) is 0. The summed E-state index contributed by atoms with van der Waals surface area (Å²) in [5.74, 6) is 0.198. The first-order chi connectivity index (χ1) is 10.8. The zero-order chi connectivity index (χ0) is 16.9. The molecule has 23 heavy (non-hydrogen) atoms. The van der Waals surface area contributed by atoms with Crippen LogP contribution in [0.4, 0.5) is 0 Å². The van der Waals surface area contributed by atoms with Crippen molar-refractivity contribution in [2.45, 2.75) is 71.3 Å². The molecule has 0 aliphatic heterocycles. The minimum Gasteiger partial charge on any atom is -0.460 e. The Morgan fingerprint density at radius 1 is 1.22 bits per heavy atom. The number of carbonyl (C=O) groups excluding carboxylic acids is 2. The van der Waals surface area contributed by atoms with E-state index in [2.05, 4.69) is 12.1 Å². The maximum Gasteiger partial charge on any atom is 0.306 e. The van der Waals surface area contributed by atoms with Gasteiger partial charge in [-0.05, 0) is 58.4 Å². The van der Waals surface area contributed by atoms with Gasteiger partial charge in [0.05, 0.1) is 0 Å². The number of ketones is 1. The van der Waals surface area contributed by atoms with Crippen LogP contribution < -0.4 is 0 Å². The fourth-order valence-electron chi connectivity index (χ4n) is 3.48. The predicted octanol–water partition coefficient (Wildman–Crippen LogP) is 4.48. The Kier molecular flexibility index (Phi) is 5.61. The molecule has 0 spiro atoms. The maximum atomic E-state index is 12.5. The summed E-state index contributed by atoms with van der Waals surface area (Å²) in [5.41, 5.74) is 0.491. The predicted molar refractivity (Wildman–Crippen MR) is 91.1 cm³/mol. The molecule has 1 atom stereocenters. The largest absolute Gasteiger partial charge is 0.460 e. The van der Waals surface area contributed by atoms with Crippen LogP contribution in [0.3, 0.4) is 0 Å². The second-order valence-corrected chi connectivity index (χ2v) is 7.66. The van der Waals surface area contributed by atoms with E-state index in [1.165, 1.54) is 5.56 Å². The number of hydrogen-bond donors (Lipinski definition) is 0. The highest BCUT2D eigenvalue weighted by Gasteiger charge is 2.41. The number of rotatable bonds is 6. The molecule has 0 N–H and O–H groups in total. The highest BCUT2D eigenvalue weighted by atomic mass is 16.6. The average molecular weight is 316 g/mol. The summed E-state index contributed by atoms with van der Waals surface area (Å²) in [4.78, 5) is 24.4. The summed E-state index contributed by atoms with van der Waals surface area (Å²) in [6.07, 6.45) is 5.27. The lowest BCUT2D eigenvalue weighted by atomic mass is 9.75. The highest BCUT2D eigenvalue weighted by molar-refractivity contribution is 5.87. The minimum absolute atomic E-state index is 0.169. The number of Topliss-reactive ketones (excluding diaryl/α,β-unsaturated/α-hetero) is 1. The molecular formula is C20H28O3. The molecule has 0 amide bonds. The van der Waals surface area contributed by atoms with Crippen LogP contribution in [-0.4, -0.2) is 17.4 Å². The van der Waals surface area contributed by atoms with Crippen LogP contribution in [0.1, 0.15) is 64.9 Å². The van der Waals surface area contributed by atoms with Crippen molar-refractivity contribution in [1.29, 1.82) is 0 Å². The molecule has 0 aromatic heterocycles. The molecule has 1 fully saturated rings. The number of hydrogen-bond acceptors (Lipinski definition) is 3. The maximum absolute atomic E-state index is 12.5. The van der Waals surface area contributed by atoms with Crippen molar-refractivity contribution in [3.8, 4) is 0 Å². The Balaban J connectivity index is 1.95. The summed E-state index contributed by atoms with van der Waals surface area (Å²) in [5, 5.41) is 0. The molecule has 3 nitrogen and oxygen atoms in total. The van der Waals surface area contributed by atoms with Crippen molar-refractivity contribution < 1.29 is 14.3 Å². The molecule has 1 saturated carbocycles. The molecule has 0 heterocycles. The highest BCUT2D eigenvalue weighted by Crippen LogP contribution is 2.42. The van der Waals surface area contributed by atoms with Crippen LogP contribution in [0.15, 0.2) is 30.3 Å². The fraction of sp³-hybridized carbons (Fsp3) is 0.600. The molecule has 1 aliphatic rings. The molecule has 1 unspecified atom stereocenters. The lowest BCUT2D eigenvalue weighted by Gasteiger charge is -2.28. The molecule has 1 aromatic rings. The van der Waals surface area contributed by atoms with E-state index in [1.807, 2.05) is 39.0 Å². The van der Waals surface area contributed by atoms with Crippen LogP contribution in [0.5, 0.6) is 0 Å². The zero-order valence-corrected chi connectivity index (χ0v) is 14.6. The van der Waals surface area contributed by atoms with E-state index in [-0.39, 0.29) is 11.4 Å². The van der Waals surface area contributed by atoms with Crippen LogP contribution in [0.25, 0.3) is 0 Å². The first kappa shape index (κ1) is 17.7. The fourth-order valence-corrected chi connectivity index (χ4v) is 3.48. The number of ether oxygens (including phenoxy) is 1. The van der Waals surface area contributed by atoms with E-state index in [9.17, 15) is 9.59 Å². The summed E-state index contributed by atoms with van der Waals surface area (Å²) >= 11 is 0. The van der Waals surface area contributed by atoms with E-state index in [4.69, 9.17) is 4.74 Å². The average Bonchev–Trinajstić information content (AvgIpc) is 2.79. The Bertz CT molecular complexity index is 542. The molecule has 1 aliphatic carbocycles. The van der Waals surface area contributed by atoms with Crippen molar-refractivity contribution in [2.75, 3.05) is 0 Å². The van der Waals surface area contributed by atoms with Gasteiger partial charge in [0.1, 0.15) is 11.4 Å². The van der Waals surface area contributed by atoms with Gasteiger partial charge in [-0.3, -0.25) is 9.59 Å². The van der Waals surface area contributed by atoms with Gasteiger partial charge in [-0.25, -0.2) is 0 Å². The number of esters is 1. The Hall–Kier alpha value is -1.64. The van der Waals surface area contributed by atoms with E-state index in [1.54, 1.807) is 0 Å². The van der Waals surface area contributed by atoms with E-state index < -0.39 is 5.60 Å². The van der Waals surface area contributed by atoms with Gasteiger partial charge in [-0.15, -0.1) is 0 Å². The van der Waals surface area contributed by atoms with Gasteiger partial charge in [0.15, 0.2) is 0 Å². The first-order valence-corrected chi connectivity index (χ1v) is 8.60. The van der Waals surface area contributed by atoms with Gasteiger partial charge in [0.2, 0.25) is 0 Å². The molecule has 2 rings (SSSR count). The first-order valence-electron chi connectivity index (χ1n) is 8.60. The van der Waals surface area contributed by atoms with Gasteiger partial charge in [-0.2, -0.15) is 0 Å². The van der Waals surface area contributed by atoms with E-state index in [0.717, 1.165) is 25.7 Å². The van der Waals surface area contributed by atoms with Gasteiger partial charge in [0.25, 0.3) is 0 Å². The Morgan fingerprint density at radius 3 is 2.48 bits per heavy atom. The van der Waals surface area contributed by atoms with Crippen molar-refractivity contribution in [3.05, 3.63) is 35.9 Å². The van der Waals surface area contributed by atoms with Crippen molar-refractivity contribution in [2.24, 2.45) is 5.41 Å². The lowest BCUT2D eigenvalue weighted by molar-refractivity contribution is -0.155. The Morgan fingerprint density at radius 2 is 1.91 bits per heavy atom. The quantitative estimate of drug-likeness (QED) is 0.727. The molecule has 0 saturated heterocycles. The third-order valence-corrected chi connectivity index (χ3v) is 4.49. The third kappa shape index (κ3) is 5.19. The monoisotopic (exact) mass is 316 g/mol. The molecule has 3 heteroatoms. The van der Waals surface area contributed by atoms with Crippen molar-refractivity contribution in [3.63, 3.8) is 0 Å². The molecule has 1 aromatic carbocycles. The van der Waals surface area contributed by atoms with Crippen LogP contribution >= 0.6 is 0 Å². The molecule has 126 valence electrons. The van der Waals surface area contributed by atoms with Crippen molar-refractivity contribution in [1.82, 2.24) is 0 Å². The Labute approximate surface area is 139 Å². The summed E-state index contributed by atoms with van der Waals surface area (Å²) < 4.78 is 5.36. The zero-order valence-electron chi connectivity index (χ0n) is 14.6. The number of benzene rings is 1. The molecule has 0 bridgehead atoms. The molecule has 0 radical (unpaired) electrons. The summed E-state index contributed by atoms with van der Waals surface area (Å²) in [6, 6.07) is 10.2. The second kappa shape index (κ2) is 7.29. The van der Waals surface area contributed by atoms with Gasteiger partial charge in [0, 0.05) is 18.3 Å².